The molecule has 0 bridgehead atoms. The SMILES string of the molecule is O=C1C(c2ccccc2)=NNC(=S)C1c1ccccc1. The Kier molecular flexibility index (Phi) is 3.39. The molecule has 1 aliphatic heterocycles. The molecule has 0 fully saturated rings. The Labute approximate surface area is 122 Å². The van der Waals surface area contributed by atoms with Gasteiger partial charge in [-0.25, -0.2) is 0 Å². The van der Waals surface area contributed by atoms with Crippen LogP contribution in [0.5, 0.6) is 0 Å². The molecule has 3 rings (SSSR count). The Morgan fingerprint density at radius 3 is 2.20 bits per heavy atom. The van der Waals surface area contributed by atoms with Crippen LogP contribution in [0, 0.1) is 0 Å². The number of nitrogens with zero attached hydrogens (tertiary/aromatic N) is 1. The topological polar surface area (TPSA) is 41.5 Å². The number of nitrogens with one attached hydrogen (secondary N) is 1. The van der Waals surface area contributed by atoms with Crippen molar-refractivity contribution in [2.75, 3.05) is 0 Å². The van der Waals surface area contributed by atoms with Gasteiger partial charge in [0.1, 0.15) is 16.6 Å². The quantitative estimate of drug-likeness (QED) is 0.860. The first-order chi connectivity index (χ1) is 9.77. The Hall–Kier alpha value is -2.33. The van der Waals surface area contributed by atoms with Crippen LogP contribution in [0.1, 0.15) is 17.0 Å². The number of hydrogen-bond acceptors (Lipinski definition) is 3. The van der Waals surface area contributed by atoms with Crippen LogP contribution in [-0.4, -0.2) is 16.5 Å². The molecule has 0 aliphatic carbocycles. The summed E-state index contributed by atoms with van der Waals surface area (Å²) in [6, 6.07) is 19.0. The molecule has 98 valence electrons. The van der Waals surface area contributed by atoms with Crippen LogP contribution in [0.15, 0.2) is 65.8 Å². The zero-order valence-electron chi connectivity index (χ0n) is 10.6. The summed E-state index contributed by atoms with van der Waals surface area (Å²) >= 11 is 5.25. The second kappa shape index (κ2) is 5.35. The van der Waals surface area contributed by atoms with Crippen LogP contribution >= 0.6 is 12.2 Å². The molecule has 4 heteroatoms. The number of thiocarbonyl (C=S) groups is 1. The van der Waals surface area contributed by atoms with E-state index in [2.05, 4.69) is 10.5 Å². The zero-order valence-corrected chi connectivity index (χ0v) is 11.4. The lowest BCUT2D eigenvalue weighted by atomic mass is 9.89. The summed E-state index contributed by atoms with van der Waals surface area (Å²) in [5, 5.41) is 4.11. The molecule has 1 atom stereocenters. The molecule has 0 saturated carbocycles. The van der Waals surface area contributed by atoms with Crippen LogP contribution in [0.3, 0.4) is 0 Å². The van der Waals surface area contributed by atoms with Gasteiger partial charge in [0.15, 0.2) is 5.78 Å². The summed E-state index contributed by atoms with van der Waals surface area (Å²) in [6.07, 6.45) is 0. The van der Waals surface area contributed by atoms with Gasteiger partial charge in [0.25, 0.3) is 0 Å². The van der Waals surface area contributed by atoms with Gasteiger partial charge in [0.05, 0.1) is 0 Å². The molecule has 0 saturated heterocycles. The fourth-order valence-electron chi connectivity index (χ4n) is 2.24. The number of ketones is 1. The minimum Gasteiger partial charge on any atom is -0.291 e. The Bertz CT molecular complexity index is 680. The predicted octanol–water partition coefficient (Wildman–Crippen LogP) is 2.67. The number of rotatable bonds is 2. The van der Waals surface area contributed by atoms with Crippen molar-refractivity contribution in [3.8, 4) is 0 Å². The highest BCUT2D eigenvalue weighted by molar-refractivity contribution is 7.80. The van der Waals surface area contributed by atoms with Crippen molar-refractivity contribution in [2.45, 2.75) is 5.92 Å². The third kappa shape index (κ3) is 2.26. The number of hydrazone groups is 1. The molecule has 20 heavy (non-hydrogen) atoms. The maximum absolute atomic E-state index is 12.7. The van der Waals surface area contributed by atoms with Crippen molar-refractivity contribution < 1.29 is 4.79 Å². The lowest BCUT2D eigenvalue weighted by Gasteiger charge is -2.22. The van der Waals surface area contributed by atoms with Crippen molar-refractivity contribution >= 4 is 28.7 Å². The van der Waals surface area contributed by atoms with Crippen molar-refractivity contribution in [1.29, 1.82) is 0 Å². The minimum absolute atomic E-state index is 0.0637. The van der Waals surface area contributed by atoms with Gasteiger partial charge >= 0.3 is 0 Å². The largest absolute Gasteiger partial charge is 0.291 e. The Morgan fingerprint density at radius 2 is 1.55 bits per heavy atom. The standard InChI is InChI=1S/C16H12N2OS/c19-15-13(11-7-3-1-4-8-11)16(20)18-17-14(15)12-9-5-2-6-10-12/h1-10,13H,(H,18,20). The van der Waals surface area contributed by atoms with E-state index in [9.17, 15) is 4.79 Å². The molecule has 1 heterocycles. The minimum atomic E-state index is -0.459. The van der Waals surface area contributed by atoms with Gasteiger partial charge in [-0.15, -0.1) is 0 Å². The molecule has 2 aromatic rings. The molecule has 1 aliphatic rings. The molecule has 0 spiro atoms. The van der Waals surface area contributed by atoms with E-state index in [0.29, 0.717) is 10.7 Å². The fourth-order valence-corrected chi connectivity index (χ4v) is 2.53. The lowest BCUT2D eigenvalue weighted by Crippen LogP contribution is -2.40. The van der Waals surface area contributed by atoms with Crippen molar-refractivity contribution in [3.05, 3.63) is 71.8 Å². The Morgan fingerprint density at radius 1 is 0.950 bits per heavy atom. The van der Waals surface area contributed by atoms with Gasteiger partial charge < -0.3 is 0 Å². The number of carbonyl (C=O) groups excluding carboxylic acids is 1. The second-order valence-corrected chi connectivity index (χ2v) is 4.95. The van der Waals surface area contributed by atoms with Crippen molar-refractivity contribution in [1.82, 2.24) is 5.43 Å². The van der Waals surface area contributed by atoms with E-state index in [4.69, 9.17) is 12.2 Å². The maximum Gasteiger partial charge on any atom is 0.197 e. The molecular formula is C16H12N2OS. The highest BCUT2D eigenvalue weighted by atomic mass is 32.1. The van der Waals surface area contributed by atoms with E-state index in [1.165, 1.54) is 0 Å². The first kappa shape index (κ1) is 12.7. The van der Waals surface area contributed by atoms with Gasteiger partial charge in [-0.3, -0.25) is 10.2 Å². The molecule has 1 N–H and O–H groups in total. The second-order valence-electron chi connectivity index (χ2n) is 4.51. The lowest BCUT2D eigenvalue weighted by molar-refractivity contribution is -0.113. The van der Waals surface area contributed by atoms with E-state index in [1.807, 2.05) is 60.7 Å². The monoisotopic (exact) mass is 280 g/mol. The maximum atomic E-state index is 12.7. The first-order valence-electron chi connectivity index (χ1n) is 6.29. The molecule has 2 aromatic carbocycles. The van der Waals surface area contributed by atoms with E-state index in [0.717, 1.165) is 11.1 Å². The fraction of sp³-hybridized carbons (Fsp3) is 0.0625. The van der Waals surface area contributed by atoms with E-state index in [-0.39, 0.29) is 5.78 Å². The third-order valence-corrected chi connectivity index (χ3v) is 3.54. The summed E-state index contributed by atoms with van der Waals surface area (Å²) in [6.45, 7) is 0. The summed E-state index contributed by atoms with van der Waals surface area (Å²) in [5.41, 5.74) is 4.92. The van der Waals surface area contributed by atoms with Gasteiger partial charge in [-0.05, 0) is 5.56 Å². The third-order valence-electron chi connectivity index (χ3n) is 3.22. The smallest absolute Gasteiger partial charge is 0.197 e. The predicted molar refractivity (Wildman–Crippen MR) is 82.9 cm³/mol. The number of hydrogen-bond donors (Lipinski definition) is 1. The molecular weight excluding hydrogens is 268 g/mol. The summed E-state index contributed by atoms with van der Waals surface area (Å²) in [4.78, 5) is 13.1. The van der Waals surface area contributed by atoms with Gasteiger partial charge in [-0.1, -0.05) is 72.9 Å². The Balaban J connectivity index is 2.01. The van der Waals surface area contributed by atoms with Crippen LogP contribution in [0.4, 0.5) is 0 Å². The molecule has 0 radical (unpaired) electrons. The van der Waals surface area contributed by atoms with Crippen LogP contribution < -0.4 is 5.43 Å². The normalized spacial score (nSPS) is 18.4. The van der Waals surface area contributed by atoms with E-state index < -0.39 is 5.92 Å². The molecule has 0 aromatic heterocycles. The average molecular weight is 280 g/mol. The van der Waals surface area contributed by atoms with Crippen LogP contribution in [-0.2, 0) is 4.79 Å². The van der Waals surface area contributed by atoms with Gasteiger partial charge in [0, 0.05) is 5.56 Å². The highest BCUT2D eigenvalue weighted by Gasteiger charge is 2.33. The van der Waals surface area contributed by atoms with E-state index in [1.54, 1.807) is 0 Å². The van der Waals surface area contributed by atoms with Crippen LogP contribution in [0.2, 0.25) is 0 Å². The summed E-state index contributed by atoms with van der Waals surface area (Å²) in [7, 11) is 0. The zero-order chi connectivity index (χ0) is 13.9. The average Bonchev–Trinajstić information content (AvgIpc) is 2.49. The van der Waals surface area contributed by atoms with Crippen molar-refractivity contribution in [2.24, 2.45) is 5.10 Å². The number of benzene rings is 2. The summed E-state index contributed by atoms with van der Waals surface area (Å²) in [5.74, 6) is -0.523. The highest BCUT2D eigenvalue weighted by Crippen LogP contribution is 2.23. The molecule has 3 nitrogen and oxygen atoms in total. The van der Waals surface area contributed by atoms with Crippen LogP contribution in [0.25, 0.3) is 0 Å². The van der Waals surface area contributed by atoms with Gasteiger partial charge in [0.2, 0.25) is 0 Å². The molecule has 0 amide bonds. The molecule has 1 unspecified atom stereocenters. The summed E-state index contributed by atoms with van der Waals surface area (Å²) < 4.78 is 0. The number of Topliss-reactive ketones (excluding diaryl/α,β-unsaturated/α-hetero) is 1. The van der Waals surface area contributed by atoms with Crippen molar-refractivity contribution in [3.63, 3.8) is 0 Å². The van der Waals surface area contributed by atoms with E-state index >= 15 is 0 Å². The number of carbonyl (C=O) groups is 1. The van der Waals surface area contributed by atoms with Gasteiger partial charge in [-0.2, -0.15) is 5.10 Å². The first-order valence-corrected chi connectivity index (χ1v) is 6.70.